The molecule has 0 aliphatic heterocycles. The molecule has 2 rings (SSSR count). The highest BCUT2D eigenvalue weighted by atomic mass is 32.1. The van der Waals surface area contributed by atoms with Crippen LogP contribution in [0.2, 0.25) is 0 Å². The number of rotatable bonds is 11. The number of nitrogens with one attached hydrogen (secondary N) is 2. The number of benzene rings is 1. The SMILES string of the molecule is CCOC(=O)c1sc(NC(=S)NCc2ccc(OCC)c(OCC)c2)c(C(=O)OCC)c1C. The quantitative estimate of drug-likeness (QED) is 0.341. The van der Waals surface area contributed by atoms with Gasteiger partial charge in [0.15, 0.2) is 16.6 Å². The van der Waals surface area contributed by atoms with Gasteiger partial charge in [-0.3, -0.25) is 0 Å². The van der Waals surface area contributed by atoms with Crippen molar-refractivity contribution >= 4 is 45.6 Å². The lowest BCUT2D eigenvalue weighted by Gasteiger charge is -2.14. The van der Waals surface area contributed by atoms with Gasteiger partial charge in [0.05, 0.1) is 32.0 Å². The van der Waals surface area contributed by atoms with E-state index in [0.717, 1.165) is 16.9 Å². The van der Waals surface area contributed by atoms with Crippen LogP contribution in [0.25, 0.3) is 0 Å². The Bertz CT molecular complexity index is 990. The zero-order valence-corrected chi connectivity index (χ0v) is 21.2. The number of hydrogen-bond donors (Lipinski definition) is 2. The van der Waals surface area contributed by atoms with Gasteiger partial charge in [0, 0.05) is 6.54 Å². The lowest BCUT2D eigenvalue weighted by atomic mass is 10.1. The summed E-state index contributed by atoms with van der Waals surface area (Å²) in [6.07, 6.45) is 0. The highest BCUT2D eigenvalue weighted by molar-refractivity contribution is 7.80. The molecule has 0 bridgehead atoms. The molecule has 10 heteroatoms. The van der Waals surface area contributed by atoms with Gasteiger partial charge in [0.2, 0.25) is 0 Å². The van der Waals surface area contributed by atoms with Crippen LogP contribution < -0.4 is 20.1 Å². The molecule has 2 N–H and O–H groups in total. The van der Waals surface area contributed by atoms with Crippen LogP contribution in [0.3, 0.4) is 0 Å². The molecule has 0 atom stereocenters. The van der Waals surface area contributed by atoms with E-state index in [2.05, 4.69) is 10.6 Å². The molecule has 0 spiro atoms. The molecule has 0 aliphatic carbocycles. The Morgan fingerprint density at radius 3 is 2.21 bits per heavy atom. The van der Waals surface area contributed by atoms with Gasteiger partial charge in [-0.25, -0.2) is 9.59 Å². The average molecular weight is 495 g/mol. The van der Waals surface area contributed by atoms with Crippen LogP contribution in [0.15, 0.2) is 18.2 Å². The second-order valence-electron chi connectivity index (χ2n) is 6.66. The summed E-state index contributed by atoms with van der Waals surface area (Å²) in [5.74, 6) is 0.328. The van der Waals surface area contributed by atoms with Crippen molar-refractivity contribution in [3.05, 3.63) is 39.8 Å². The van der Waals surface area contributed by atoms with Crippen LogP contribution in [-0.2, 0) is 16.0 Å². The Morgan fingerprint density at radius 2 is 1.58 bits per heavy atom. The monoisotopic (exact) mass is 494 g/mol. The third-order valence-corrected chi connectivity index (χ3v) is 5.81. The van der Waals surface area contributed by atoms with E-state index in [0.29, 0.717) is 51.8 Å². The van der Waals surface area contributed by atoms with Crippen molar-refractivity contribution < 1.29 is 28.5 Å². The first kappa shape index (κ1) is 26.4. The molecule has 2 aromatic rings. The standard InChI is InChI=1S/C23H30N2O6S2/c1-6-28-16-11-10-15(12-17(16)29-7-2)13-24-23(32)25-20-18(21(26)30-8-3)14(5)19(33-20)22(27)31-9-4/h10-12H,6-9,13H2,1-5H3,(H2,24,25,32). The summed E-state index contributed by atoms with van der Waals surface area (Å²) in [6.45, 7) is 10.9. The second kappa shape index (κ2) is 13.0. The van der Waals surface area contributed by atoms with Gasteiger partial charge in [-0.1, -0.05) is 6.07 Å². The lowest BCUT2D eigenvalue weighted by Crippen LogP contribution is -2.28. The molecule has 33 heavy (non-hydrogen) atoms. The zero-order valence-electron chi connectivity index (χ0n) is 19.5. The molecule has 180 valence electrons. The highest BCUT2D eigenvalue weighted by Crippen LogP contribution is 2.34. The molecule has 0 saturated heterocycles. The van der Waals surface area contributed by atoms with E-state index in [9.17, 15) is 9.59 Å². The number of ether oxygens (including phenoxy) is 4. The predicted molar refractivity (Wildman–Crippen MR) is 133 cm³/mol. The van der Waals surface area contributed by atoms with Gasteiger partial charge >= 0.3 is 11.9 Å². The maximum atomic E-state index is 12.5. The number of hydrogen-bond acceptors (Lipinski definition) is 8. The minimum absolute atomic E-state index is 0.213. The van der Waals surface area contributed by atoms with Gasteiger partial charge in [-0.05, 0) is 70.1 Å². The number of thiocarbonyl (C=S) groups is 1. The number of anilines is 1. The van der Waals surface area contributed by atoms with E-state index in [1.807, 2.05) is 32.0 Å². The van der Waals surface area contributed by atoms with Crippen molar-refractivity contribution in [2.75, 3.05) is 31.7 Å². The highest BCUT2D eigenvalue weighted by Gasteiger charge is 2.26. The minimum Gasteiger partial charge on any atom is -0.490 e. The van der Waals surface area contributed by atoms with Crippen molar-refractivity contribution in [3.8, 4) is 11.5 Å². The molecular weight excluding hydrogens is 464 g/mol. The Morgan fingerprint density at radius 1 is 0.939 bits per heavy atom. The van der Waals surface area contributed by atoms with Crippen molar-refractivity contribution in [2.45, 2.75) is 41.2 Å². The van der Waals surface area contributed by atoms with E-state index < -0.39 is 11.9 Å². The van der Waals surface area contributed by atoms with Crippen LogP contribution in [0.5, 0.6) is 11.5 Å². The van der Waals surface area contributed by atoms with Crippen LogP contribution in [0, 0.1) is 6.92 Å². The molecule has 0 fully saturated rings. The Kier molecular flexibility index (Phi) is 10.4. The van der Waals surface area contributed by atoms with Crippen LogP contribution in [-0.4, -0.2) is 43.5 Å². The topological polar surface area (TPSA) is 95.1 Å². The summed E-state index contributed by atoms with van der Waals surface area (Å²) in [5, 5.41) is 6.86. The maximum Gasteiger partial charge on any atom is 0.348 e. The second-order valence-corrected chi connectivity index (χ2v) is 8.08. The molecule has 1 heterocycles. The summed E-state index contributed by atoms with van der Waals surface area (Å²) < 4.78 is 21.5. The Labute approximate surface area is 203 Å². The van der Waals surface area contributed by atoms with Crippen molar-refractivity contribution in [2.24, 2.45) is 0 Å². The summed E-state index contributed by atoms with van der Waals surface area (Å²) in [4.78, 5) is 25.2. The Balaban J connectivity index is 2.17. The largest absolute Gasteiger partial charge is 0.490 e. The summed E-state index contributed by atoms with van der Waals surface area (Å²) >= 11 is 6.53. The molecule has 0 radical (unpaired) electrons. The fraction of sp³-hybridized carbons (Fsp3) is 0.435. The fourth-order valence-electron chi connectivity index (χ4n) is 2.98. The number of carbonyl (C=O) groups is 2. The molecule has 1 aromatic heterocycles. The molecule has 8 nitrogen and oxygen atoms in total. The van der Waals surface area contributed by atoms with Crippen LogP contribution >= 0.6 is 23.6 Å². The number of thiophene rings is 1. The molecular formula is C23H30N2O6S2. The zero-order chi connectivity index (χ0) is 24.4. The van der Waals surface area contributed by atoms with Crippen molar-refractivity contribution in [1.29, 1.82) is 0 Å². The third kappa shape index (κ3) is 7.06. The molecule has 1 aromatic carbocycles. The van der Waals surface area contributed by atoms with Crippen molar-refractivity contribution in [1.82, 2.24) is 5.32 Å². The normalized spacial score (nSPS) is 10.3. The fourth-order valence-corrected chi connectivity index (χ4v) is 4.31. The molecule has 0 aliphatic rings. The van der Waals surface area contributed by atoms with E-state index in [1.54, 1.807) is 20.8 Å². The predicted octanol–water partition coefficient (Wildman–Crippen LogP) is 4.69. The van der Waals surface area contributed by atoms with Gasteiger partial charge in [0.25, 0.3) is 0 Å². The molecule has 0 saturated carbocycles. The summed E-state index contributed by atoms with van der Waals surface area (Å²) in [5.41, 5.74) is 1.70. The van der Waals surface area contributed by atoms with Gasteiger partial charge in [-0.2, -0.15) is 0 Å². The van der Waals surface area contributed by atoms with Gasteiger partial charge < -0.3 is 29.6 Å². The minimum atomic E-state index is -0.528. The maximum absolute atomic E-state index is 12.5. The molecule has 0 unspecified atom stereocenters. The first-order chi connectivity index (χ1) is 15.9. The smallest absolute Gasteiger partial charge is 0.348 e. The third-order valence-electron chi connectivity index (χ3n) is 4.38. The average Bonchev–Trinajstić information content (AvgIpc) is 3.10. The van der Waals surface area contributed by atoms with Crippen LogP contribution in [0.1, 0.15) is 58.9 Å². The van der Waals surface area contributed by atoms with E-state index >= 15 is 0 Å². The molecule has 0 amide bonds. The lowest BCUT2D eigenvalue weighted by molar-refractivity contribution is 0.0527. The first-order valence-corrected chi connectivity index (χ1v) is 12.0. The number of carbonyl (C=O) groups excluding carboxylic acids is 2. The first-order valence-electron chi connectivity index (χ1n) is 10.8. The summed E-state index contributed by atoms with van der Waals surface area (Å²) in [6, 6.07) is 5.67. The van der Waals surface area contributed by atoms with Gasteiger partial charge in [-0.15, -0.1) is 11.3 Å². The van der Waals surface area contributed by atoms with Gasteiger partial charge in [0.1, 0.15) is 9.88 Å². The van der Waals surface area contributed by atoms with Crippen LogP contribution in [0.4, 0.5) is 5.00 Å². The van der Waals surface area contributed by atoms with E-state index in [4.69, 9.17) is 31.2 Å². The summed E-state index contributed by atoms with van der Waals surface area (Å²) in [7, 11) is 0. The van der Waals surface area contributed by atoms with E-state index in [1.165, 1.54) is 0 Å². The Hall–Kier alpha value is -2.85. The van der Waals surface area contributed by atoms with E-state index in [-0.39, 0.29) is 18.8 Å². The van der Waals surface area contributed by atoms with Crippen molar-refractivity contribution in [3.63, 3.8) is 0 Å². The number of esters is 2.